The van der Waals surface area contributed by atoms with Crippen LogP contribution in [0.15, 0.2) is 0 Å². The first-order chi connectivity index (χ1) is 12.2. The summed E-state index contributed by atoms with van der Waals surface area (Å²) in [5.74, 6) is 0. The van der Waals surface area contributed by atoms with E-state index >= 15 is 0 Å². The molecule has 3 unspecified atom stereocenters. The molecule has 0 aliphatic carbocycles. The summed E-state index contributed by atoms with van der Waals surface area (Å²) in [5.41, 5.74) is 0. The molecule has 7 heteroatoms. The first-order valence-corrected chi connectivity index (χ1v) is 9.28. The third kappa shape index (κ3) is 14.6. The molecule has 0 rings (SSSR count). The van der Waals surface area contributed by atoms with Gasteiger partial charge in [-0.3, -0.25) is 0 Å². The Bertz CT molecular complexity index is 260. The van der Waals surface area contributed by atoms with E-state index in [4.69, 9.17) is 33.2 Å². The molecule has 152 valence electrons. The minimum atomic E-state index is -0.121. The van der Waals surface area contributed by atoms with Crippen molar-refractivity contribution in [3.8, 4) is 0 Å². The Morgan fingerprint density at radius 1 is 0.480 bits per heavy atom. The molecule has 0 saturated carbocycles. The van der Waals surface area contributed by atoms with E-state index in [0.717, 1.165) is 0 Å². The van der Waals surface area contributed by atoms with E-state index in [9.17, 15) is 0 Å². The van der Waals surface area contributed by atoms with Crippen LogP contribution in [0.3, 0.4) is 0 Å². The Morgan fingerprint density at radius 2 is 0.840 bits per heavy atom. The molecular formula is C18H38O7. The Hall–Kier alpha value is -0.280. The van der Waals surface area contributed by atoms with Gasteiger partial charge < -0.3 is 33.2 Å². The number of hydrogen-bond acceptors (Lipinski definition) is 7. The highest BCUT2D eigenvalue weighted by molar-refractivity contribution is 4.61. The van der Waals surface area contributed by atoms with Gasteiger partial charge in [0.05, 0.1) is 39.6 Å². The molecule has 0 amide bonds. The minimum absolute atomic E-state index is 0.0582. The molecule has 0 bridgehead atoms. The lowest BCUT2D eigenvalue weighted by Gasteiger charge is -2.22. The second kappa shape index (κ2) is 18.5. The standard InChI is InChI=1S/C18H38O7/c1-6-20-11-17(24-8-3)13-22-15-18(25-9-4)14-21-12-16(10-19-5)23-7-2/h16-18H,6-15H2,1-5H3. The van der Waals surface area contributed by atoms with Crippen molar-refractivity contribution >= 4 is 0 Å². The lowest BCUT2D eigenvalue weighted by molar-refractivity contribution is -0.104. The Labute approximate surface area is 153 Å². The largest absolute Gasteiger partial charge is 0.382 e. The molecule has 0 radical (unpaired) electrons. The van der Waals surface area contributed by atoms with Crippen LogP contribution < -0.4 is 0 Å². The first kappa shape index (κ1) is 24.7. The van der Waals surface area contributed by atoms with Gasteiger partial charge in [0.25, 0.3) is 0 Å². The van der Waals surface area contributed by atoms with E-state index in [-0.39, 0.29) is 18.3 Å². The van der Waals surface area contributed by atoms with Crippen LogP contribution in [0.4, 0.5) is 0 Å². The summed E-state index contributed by atoms with van der Waals surface area (Å²) in [7, 11) is 1.65. The summed E-state index contributed by atoms with van der Waals surface area (Å²) >= 11 is 0. The van der Waals surface area contributed by atoms with E-state index in [1.54, 1.807) is 7.11 Å². The van der Waals surface area contributed by atoms with Crippen molar-refractivity contribution in [1.82, 2.24) is 0 Å². The topological polar surface area (TPSA) is 64.6 Å². The van der Waals surface area contributed by atoms with Gasteiger partial charge in [0.1, 0.15) is 18.3 Å². The zero-order valence-electron chi connectivity index (χ0n) is 16.7. The van der Waals surface area contributed by atoms with Crippen molar-refractivity contribution in [3.05, 3.63) is 0 Å². The Balaban J connectivity index is 4.09. The van der Waals surface area contributed by atoms with Crippen molar-refractivity contribution in [1.29, 1.82) is 0 Å². The predicted octanol–water partition coefficient (Wildman–Crippen LogP) is 1.92. The molecule has 0 aliphatic rings. The number of ether oxygens (including phenoxy) is 7. The average Bonchev–Trinajstić information content (AvgIpc) is 2.60. The van der Waals surface area contributed by atoms with E-state index < -0.39 is 0 Å². The fourth-order valence-electron chi connectivity index (χ4n) is 2.24. The van der Waals surface area contributed by atoms with Crippen LogP contribution in [-0.4, -0.2) is 91.5 Å². The van der Waals surface area contributed by atoms with Crippen LogP contribution in [0, 0.1) is 0 Å². The third-order valence-electron chi connectivity index (χ3n) is 3.28. The smallest absolute Gasteiger partial charge is 0.104 e. The van der Waals surface area contributed by atoms with Crippen LogP contribution in [0.25, 0.3) is 0 Å². The van der Waals surface area contributed by atoms with E-state index in [1.165, 1.54) is 0 Å². The third-order valence-corrected chi connectivity index (χ3v) is 3.28. The lowest BCUT2D eigenvalue weighted by atomic mass is 10.3. The monoisotopic (exact) mass is 366 g/mol. The van der Waals surface area contributed by atoms with Crippen molar-refractivity contribution in [2.24, 2.45) is 0 Å². The number of rotatable bonds is 19. The average molecular weight is 366 g/mol. The minimum Gasteiger partial charge on any atom is -0.382 e. The summed E-state index contributed by atoms with van der Waals surface area (Å²) in [6.07, 6.45) is -0.243. The maximum absolute atomic E-state index is 5.75. The van der Waals surface area contributed by atoms with Gasteiger partial charge in [-0.1, -0.05) is 0 Å². The molecular weight excluding hydrogens is 328 g/mol. The van der Waals surface area contributed by atoms with Crippen LogP contribution in [0.5, 0.6) is 0 Å². The van der Waals surface area contributed by atoms with Gasteiger partial charge in [0.15, 0.2) is 0 Å². The fraction of sp³-hybridized carbons (Fsp3) is 1.00. The van der Waals surface area contributed by atoms with Gasteiger partial charge in [-0.25, -0.2) is 0 Å². The second-order valence-electron chi connectivity index (χ2n) is 5.42. The molecule has 7 nitrogen and oxygen atoms in total. The van der Waals surface area contributed by atoms with E-state index in [1.807, 2.05) is 27.7 Å². The van der Waals surface area contributed by atoms with Gasteiger partial charge in [0, 0.05) is 33.5 Å². The molecule has 0 aromatic rings. The normalized spacial score (nSPS) is 15.2. The maximum atomic E-state index is 5.75. The fourth-order valence-corrected chi connectivity index (χ4v) is 2.24. The highest BCUT2D eigenvalue weighted by atomic mass is 16.6. The highest BCUT2D eigenvalue weighted by Crippen LogP contribution is 2.02. The molecule has 0 heterocycles. The maximum Gasteiger partial charge on any atom is 0.104 e. The Kier molecular flexibility index (Phi) is 18.3. The molecule has 3 atom stereocenters. The number of hydrogen-bond donors (Lipinski definition) is 0. The van der Waals surface area contributed by atoms with Gasteiger partial charge >= 0.3 is 0 Å². The summed E-state index contributed by atoms with van der Waals surface area (Å²) in [5, 5.41) is 0. The molecule has 25 heavy (non-hydrogen) atoms. The molecule has 0 N–H and O–H groups in total. The summed E-state index contributed by atoms with van der Waals surface area (Å²) in [4.78, 5) is 0. The quantitative estimate of drug-likeness (QED) is 0.346. The van der Waals surface area contributed by atoms with Gasteiger partial charge in [-0.05, 0) is 27.7 Å². The summed E-state index contributed by atoms with van der Waals surface area (Å²) in [6.45, 7) is 13.3. The molecule has 0 aliphatic heterocycles. The molecule has 0 aromatic carbocycles. The zero-order chi connectivity index (χ0) is 18.8. The highest BCUT2D eigenvalue weighted by Gasteiger charge is 2.15. The van der Waals surface area contributed by atoms with Crippen molar-refractivity contribution in [3.63, 3.8) is 0 Å². The van der Waals surface area contributed by atoms with Crippen LogP contribution in [0.1, 0.15) is 27.7 Å². The van der Waals surface area contributed by atoms with Gasteiger partial charge in [-0.15, -0.1) is 0 Å². The zero-order valence-corrected chi connectivity index (χ0v) is 16.7. The SMILES string of the molecule is CCOCC(COCC(COCC(COC)OCC)OCC)OCC. The van der Waals surface area contributed by atoms with Crippen LogP contribution in [-0.2, 0) is 33.2 Å². The van der Waals surface area contributed by atoms with Gasteiger partial charge in [-0.2, -0.15) is 0 Å². The first-order valence-electron chi connectivity index (χ1n) is 9.28. The molecule has 0 saturated heterocycles. The molecule has 0 aromatic heterocycles. The van der Waals surface area contributed by atoms with E-state index in [2.05, 4.69) is 0 Å². The summed E-state index contributed by atoms with van der Waals surface area (Å²) < 4.78 is 38.8. The van der Waals surface area contributed by atoms with Crippen molar-refractivity contribution < 1.29 is 33.2 Å². The number of methoxy groups -OCH3 is 1. The van der Waals surface area contributed by atoms with Crippen LogP contribution >= 0.6 is 0 Å². The Morgan fingerprint density at radius 3 is 1.16 bits per heavy atom. The predicted molar refractivity (Wildman–Crippen MR) is 96.2 cm³/mol. The van der Waals surface area contributed by atoms with Crippen LogP contribution in [0.2, 0.25) is 0 Å². The van der Waals surface area contributed by atoms with E-state index in [0.29, 0.717) is 66.1 Å². The van der Waals surface area contributed by atoms with Crippen molar-refractivity contribution in [2.45, 2.75) is 46.0 Å². The van der Waals surface area contributed by atoms with Crippen molar-refractivity contribution in [2.75, 3.05) is 73.2 Å². The van der Waals surface area contributed by atoms with Gasteiger partial charge in [0.2, 0.25) is 0 Å². The lowest BCUT2D eigenvalue weighted by Crippen LogP contribution is -2.32. The molecule has 0 spiro atoms. The second-order valence-corrected chi connectivity index (χ2v) is 5.42. The molecule has 0 fully saturated rings. The summed E-state index contributed by atoms with van der Waals surface area (Å²) in [6, 6.07) is 0.